The zero-order chi connectivity index (χ0) is 34.7. The standard InChI is InChI=1S/C22H21N.C11H10.C8H10.C7H8/c1-2-3-4-10-18-23(20-14-6-5-7-15-20)22-17-11-13-19-12-8-9-16-21(19)22;1-9-5-4-7-10-6-2-3-8-11(9)10;1-7-3-5-8(2)6-4-7;1-7-5-3-2-4-6-7/h2-17H,18H2,1H3;2-8H,1H3;3-6H,1-2H3;2-6H,1H3/b3-2-,10-4-;;;. The second-order valence-electron chi connectivity index (χ2n) is 12.0. The molecular weight excluding hydrogens is 591 g/mol. The largest absolute Gasteiger partial charge is 0.337 e. The summed E-state index contributed by atoms with van der Waals surface area (Å²) in [5.74, 6) is 0. The van der Waals surface area contributed by atoms with Crippen LogP contribution in [0.4, 0.5) is 11.4 Å². The Kier molecular flexibility index (Phi) is 14.7. The Labute approximate surface area is 294 Å². The summed E-state index contributed by atoms with van der Waals surface area (Å²) in [7, 11) is 0. The summed E-state index contributed by atoms with van der Waals surface area (Å²) < 4.78 is 0. The molecule has 0 aliphatic carbocycles. The Morgan fingerprint density at radius 1 is 0.429 bits per heavy atom. The van der Waals surface area contributed by atoms with E-state index < -0.39 is 0 Å². The molecule has 0 saturated carbocycles. The summed E-state index contributed by atoms with van der Waals surface area (Å²) >= 11 is 0. The van der Waals surface area contributed by atoms with Crippen molar-refractivity contribution in [2.45, 2.75) is 34.6 Å². The van der Waals surface area contributed by atoms with Gasteiger partial charge in [0.2, 0.25) is 0 Å². The van der Waals surface area contributed by atoms with Gasteiger partial charge in [-0.1, -0.05) is 193 Å². The number of fused-ring (bicyclic) bond motifs is 2. The van der Waals surface area contributed by atoms with Crippen LogP contribution in [-0.2, 0) is 0 Å². The number of nitrogens with zero attached hydrogens (tertiary/aromatic N) is 1. The first-order valence-electron chi connectivity index (χ1n) is 17.0. The van der Waals surface area contributed by atoms with E-state index in [2.05, 4.69) is 202 Å². The Bertz CT molecular complexity index is 1990. The maximum atomic E-state index is 2.35. The third kappa shape index (κ3) is 11.8. The van der Waals surface area contributed by atoms with Crippen molar-refractivity contribution in [1.29, 1.82) is 0 Å². The minimum atomic E-state index is 0.836. The zero-order valence-corrected chi connectivity index (χ0v) is 29.6. The maximum absolute atomic E-state index is 2.35. The van der Waals surface area contributed by atoms with Gasteiger partial charge in [-0.05, 0) is 74.5 Å². The minimum absolute atomic E-state index is 0.836. The fourth-order valence-electron chi connectivity index (χ4n) is 5.31. The van der Waals surface area contributed by atoms with Crippen LogP contribution in [0.25, 0.3) is 21.5 Å². The summed E-state index contributed by atoms with van der Waals surface area (Å²) in [5, 5.41) is 5.23. The lowest BCUT2D eigenvalue weighted by molar-refractivity contribution is 1.10. The van der Waals surface area contributed by atoms with Gasteiger partial charge < -0.3 is 4.90 Å². The average Bonchev–Trinajstić information content (AvgIpc) is 3.15. The Hall–Kier alpha value is -5.66. The van der Waals surface area contributed by atoms with Crippen molar-refractivity contribution in [2.24, 2.45) is 0 Å². The molecule has 0 bridgehead atoms. The first-order valence-corrected chi connectivity index (χ1v) is 17.0. The van der Waals surface area contributed by atoms with Crippen molar-refractivity contribution in [3.63, 3.8) is 0 Å². The van der Waals surface area contributed by atoms with E-state index in [0.717, 1.165) is 6.54 Å². The molecule has 49 heavy (non-hydrogen) atoms. The molecular formula is C48H49N. The van der Waals surface area contributed by atoms with Gasteiger partial charge in [0, 0.05) is 23.3 Å². The smallest absolute Gasteiger partial charge is 0.0493 e. The highest BCUT2D eigenvalue weighted by Gasteiger charge is 2.10. The molecule has 246 valence electrons. The summed E-state index contributed by atoms with van der Waals surface area (Å²) in [6, 6.07) is 59.1. The Morgan fingerprint density at radius 2 is 0.898 bits per heavy atom. The van der Waals surface area contributed by atoms with Gasteiger partial charge in [0.05, 0.1) is 0 Å². The van der Waals surface area contributed by atoms with Crippen LogP contribution in [-0.4, -0.2) is 6.54 Å². The number of hydrogen-bond donors (Lipinski definition) is 0. The normalized spacial score (nSPS) is 10.5. The zero-order valence-electron chi connectivity index (χ0n) is 29.6. The average molecular weight is 640 g/mol. The molecule has 7 aromatic rings. The molecule has 0 atom stereocenters. The highest BCUT2D eigenvalue weighted by molar-refractivity contribution is 5.96. The number of aryl methyl sites for hydroxylation is 4. The maximum Gasteiger partial charge on any atom is 0.0493 e. The van der Waals surface area contributed by atoms with Gasteiger partial charge in [-0.25, -0.2) is 0 Å². The summed E-state index contributed by atoms with van der Waals surface area (Å²) in [5.41, 5.74) is 7.77. The van der Waals surface area contributed by atoms with Crippen LogP contribution >= 0.6 is 0 Å². The van der Waals surface area contributed by atoms with Crippen LogP contribution in [0.5, 0.6) is 0 Å². The molecule has 7 aromatic carbocycles. The van der Waals surface area contributed by atoms with E-state index in [9.17, 15) is 0 Å². The van der Waals surface area contributed by atoms with Gasteiger partial charge in [0.1, 0.15) is 0 Å². The monoisotopic (exact) mass is 639 g/mol. The topological polar surface area (TPSA) is 3.24 Å². The van der Waals surface area contributed by atoms with Gasteiger partial charge >= 0.3 is 0 Å². The predicted molar refractivity (Wildman–Crippen MR) is 217 cm³/mol. The van der Waals surface area contributed by atoms with Crippen LogP contribution in [0.2, 0.25) is 0 Å². The molecule has 0 amide bonds. The summed E-state index contributed by atoms with van der Waals surface area (Å²) in [6.45, 7) is 11.3. The third-order valence-corrected chi connectivity index (χ3v) is 8.02. The van der Waals surface area contributed by atoms with E-state index in [1.165, 1.54) is 55.2 Å². The quantitative estimate of drug-likeness (QED) is 0.169. The Balaban J connectivity index is 0.000000170. The lowest BCUT2D eigenvalue weighted by Crippen LogP contribution is -2.17. The van der Waals surface area contributed by atoms with Gasteiger partial charge in [-0.15, -0.1) is 0 Å². The molecule has 0 radical (unpaired) electrons. The second-order valence-corrected chi connectivity index (χ2v) is 12.0. The molecule has 7 rings (SSSR count). The van der Waals surface area contributed by atoms with Crippen molar-refractivity contribution in [2.75, 3.05) is 11.4 Å². The van der Waals surface area contributed by atoms with E-state index in [1.807, 2.05) is 31.2 Å². The van der Waals surface area contributed by atoms with Gasteiger partial charge in [-0.2, -0.15) is 0 Å². The molecule has 1 nitrogen and oxygen atoms in total. The van der Waals surface area contributed by atoms with E-state index in [4.69, 9.17) is 0 Å². The first-order chi connectivity index (χ1) is 24.0. The molecule has 0 aromatic heterocycles. The fourth-order valence-corrected chi connectivity index (χ4v) is 5.31. The highest BCUT2D eigenvalue weighted by Crippen LogP contribution is 2.32. The number of anilines is 2. The molecule has 0 fully saturated rings. The minimum Gasteiger partial charge on any atom is -0.337 e. The third-order valence-electron chi connectivity index (χ3n) is 8.02. The first kappa shape index (κ1) is 36.2. The van der Waals surface area contributed by atoms with Crippen molar-refractivity contribution in [1.82, 2.24) is 0 Å². The van der Waals surface area contributed by atoms with Crippen molar-refractivity contribution >= 4 is 32.9 Å². The van der Waals surface area contributed by atoms with Crippen LogP contribution in [0.1, 0.15) is 29.2 Å². The van der Waals surface area contributed by atoms with Gasteiger partial charge in [0.15, 0.2) is 0 Å². The molecule has 0 aliphatic rings. The van der Waals surface area contributed by atoms with Gasteiger partial charge in [0.25, 0.3) is 0 Å². The summed E-state index contributed by atoms with van der Waals surface area (Å²) in [4.78, 5) is 2.35. The predicted octanol–water partition coefficient (Wildman–Crippen LogP) is 13.6. The number of hydrogen-bond acceptors (Lipinski definition) is 1. The summed E-state index contributed by atoms with van der Waals surface area (Å²) in [6.07, 6.45) is 8.39. The van der Waals surface area contributed by atoms with Crippen LogP contribution in [0.15, 0.2) is 194 Å². The van der Waals surface area contributed by atoms with E-state index in [0.29, 0.717) is 0 Å². The molecule has 0 unspecified atom stereocenters. The van der Waals surface area contributed by atoms with Crippen molar-refractivity contribution in [3.8, 4) is 0 Å². The number of allylic oxidation sites excluding steroid dienone is 3. The van der Waals surface area contributed by atoms with Crippen LogP contribution in [0, 0.1) is 27.7 Å². The molecule has 0 heterocycles. The van der Waals surface area contributed by atoms with Gasteiger partial charge in [-0.3, -0.25) is 0 Å². The van der Waals surface area contributed by atoms with E-state index >= 15 is 0 Å². The molecule has 1 heteroatoms. The lowest BCUT2D eigenvalue weighted by atomic mass is 10.1. The molecule has 0 spiro atoms. The molecule has 0 aliphatic heterocycles. The van der Waals surface area contributed by atoms with Crippen molar-refractivity contribution in [3.05, 3.63) is 216 Å². The number of benzene rings is 7. The fraction of sp³-hybridized carbons (Fsp3) is 0.125. The number of para-hydroxylation sites is 1. The SMILES string of the molecule is C/C=C\C=C/CN(c1ccccc1)c1cccc2ccccc12.Cc1ccc(C)cc1.Cc1cccc2ccccc12.Cc1ccccc1. The number of rotatable bonds is 5. The van der Waals surface area contributed by atoms with Crippen LogP contribution in [0.3, 0.4) is 0 Å². The highest BCUT2D eigenvalue weighted by atomic mass is 15.1. The second kappa shape index (κ2) is 19.9. The molecule has 0 N–H and O–H groups in total. The lowest BCUT2D eigenvalue weighted by Gasteiger charge is -2.25. The van der Waals surface area contributed by atoms with E-state index in [-0.39, 0.29) is 0 Å². The molecule has 0 saturated heterocycles. The van der Waals surface area contributed by atoms with Crippen LogP contribution < -0.4 is 4.90 Å². The van der Waals surface area contributed by atoms with Crippen molar-refractivity contribution < 1.29 is 0 Å². The van der Waals surface area contributed by atoms with E-state index in [1.54, 1.807) is 0 Å². The Morgan fingerprint density at radius 3 is 1.45 bits per heavy atom.